The van der Waals surface area contributed by atoms with E-state index in [-0.39, 0.29) is 30.1 Å². The summed E-state index contributed by atoms with van der Waals surface area (Å²) < 4.78 is 21.9. The normalized spacial score (nSPS) is 12.2. The lowest BCUT2D eigenvalue weighted by Crippen LogP contribution is -2.17. The smallest absolute Gasteiger partial charge is 0.339 e. The Kier molecular flexibility index (Phi) is 6.38. The number of rotatable bonds is 7. The zero-order chi connectivity index (χ0) is 21.6. The number of carbonyl (C=O) groups is 2. The van der Waals surface area contributed by atoms with Crippen molar-refractivity contribution < 1.29 is 28.5 Å². The van der Waals surface area contributed by atoms with E-state index in [0.29, 0.717) is 41.0 Å². The van der Waals surface area contributed by atoms with Gasteiger partial charge in [-0.2, -0.15) is 0 Å². The Labute approximate surface area is 184 Å². The molecule has 4 rings (SSSR count). The van der Waals surface area contributed by atoms with E-state index in [1.807, 2.05) is 0 Å². The van der Waals surface area contributed by atoms with Gasteiger partial charge in [0.1, 0.15) is 32.2 Å². The molecule has 158 valence electrons. The summed E-state index contributed by atoms with van der Waals surface area (Å²) in [7, 11) is 0. The zero-order valence-electron chi connectivity index (χ0n) is 16.5. The van der Waals surface area contributed by atoms with E-state index in [0.717, 1.165) is 0 Å². The molecule has 0 spiro atoms. The SMILES string of the molecule is O=C(OCCOc1ccccc1Cl)c1ccccc1C(=O)c1ccc2c(c1)OCCO2. The van der Waals surface area contributed by atoms with Crippen LogP contribution in [0.3, 0.4) is 0 Å². The minimum atomic E-state index is -0.607. The first-order valence-corrected chi connectivity index (χ1v) is 10.1. The van der Waals surface area contributed by atoms with Crippen LogP contribution in [0.2, 0.25) is 5.02 Å². The maximum atomic E-state index is 13.1. The highest BCUT2D eigenvalue weighted by Crippen LogP contribution is 2.31. The summed E-state index contributed by atoms with van der Waals surface area (Å²) in [5.74, 6) is 0.693. The first-order chi connectivity index (χ1) is 15.1. The highest BCUT2D eigenvalue weighted by Gasteiger charge is 2.21. The summed E-state index contributed by atoms with van der Waals surface area (Å²) in [6.07, 6.45) is 0. The summed E-state index contributed by atoms with van der Waals surface area (Å²) in [6.45, 7) is 1.03. The van der Waals surface area contributed by atoms with Gasteiger partial charge in [0.05, 0.1) is 10.6 Å². The van der Waals surface area contributed by atoms with Gasteiger partial charge >= 0.3 is 5.97 Å². The molecule has 0 fully saturated rings. The maximum Gasteiger partial charge on any atom is 0.339 e. The van der Waals surface area contributed by atoms with Crippen LogP contribution < -0.4 is 14.2 Å². The molecule has 0 unspecified atom stereocenters. The molecule has 3 aromatic carbocycles. The summed E-state index contributed by atoms with van der Waals surface area (Å²) in [6, 6.07) is 18.5. The Morgan fingerprint density at radius 3 is 2.35 bits per heavy atom. The van der Waals surface area contributed by atoms with Gasteiger partial charge in [-0.05, 0) is 36.4 Å². The van der Waals surface area contributed by atoms with E-state index in [1.165, 1.54) is 0 Å². The highest BCUT2D eigenvalue weighted by atomic mass is 35.5. The van der Waals surface area contributed by atoms with Gasteiger partial charge in [-0.15, -0.1) is 0 Å². The van der Waals surface area contributed by atoms with Gasteiger partial charge in [-0.3, -0.25) is 4.79 Å². The summed E-state index contributed by atoms with van der Waals surface area (Å²) >= 11 is 6.03. The average molecular weight is 439 g/mol. The molecular formula is C24H19ClO6. The zero-order valence-corrected chi connectivity index (χ0v) is 17.3. The molecule has 0 saturated heterocycles. The van der Waals surface area contributed by atoms with E-state index >= 15 is 0 Å². The molecular weight excluding hydrogens is 420 g/mol. The van der Waals surface area contributed by atoms with Gasteiger partial charge in [0.2, 0.25) is 0 Å². The molecule has 6 nitrogen and oxygen atoms in total. The number of esters is 1. The maximum absolute atomic E-state index is 13.1. The molecule has 7 heteroatoms. The summed E-state index contributed by atoms with van der Waals surface area (Å²) in [5.41, 5.74) is 0.822. The first kappa shape index (κ1) is 20.8. The summed E-state index contributed by atoms with van der Waals surface area (Å²) in [4.78, 5) is 25.7. The Hall–Kier alpha value is -3.51. The number of hydrogen-bond donors (Lipinski definition) is 0. The molecule has 0 aromatic heterocycles. The van der Waals surface area contributed by atoms with Gasteiger partial charge in [0.15, 0.2) is 17.3 Å². The van der Waals surface area contributed by atoms with Crippen molar-refractivity contribution in [3.05, 3.63) is 88.4 Å². The van der Waals surface area contributed by atoms with Crippen LogP contribution in [0.25, 0.3) is 0 Å². The standard InChI is InChI=1S/C24H19ClO6/c25-19-7-3-4-8-20(19)28-13-14-31-24(27)18-6-2-1-5-17(18)23(26)16-9-10-21-22(15-16)30-12-11-29-21/h1-10,15H,11-14H2. The van der Waals surface area contributed by atoms with Gasteiger partial charge < -0.3 is 18.9 Å². The van der Waals surface area contributed by atoms with Gasteiger partial charge in [-0.25, -0.2) is 4.79 Å². The predicted octanol–water partition coefficient (Wildman–Crippen LogP) is 4.58. The number of ether oxygens (including phenoxy) is 4. The molecule has 31 heavy (non-hydrogen) atoms. The van der Waals surface area contributed by atoms with Crippen molar-refractivity contribution in [2.45, 2.75) is 0 Å². The van der Waals surface area contributed by atoms with Crippen molar-refractivity contribution in [2.24, 2.45) is 0 Å². The van der Waals surface area contributed by atoms with Crippen molar-refractivity contribution in [3.63, 3.8) is 0 Å². The second-order valence-corrected chi connectivity index (χ2v) is 7.06. The van der Waals surface area contributed by atoms with E-state index in [2.05, 4.69) is 0 Å². The third kappa shape index (κ3) is 4.81. The first-order valence-electron chi connectivity index (χ1n) is 9.71. The molecule has 0 N–H and O–H groups in total. The average Bonchev–Trinajstić information content (AvgIpc) is 2.82. The van der Waals surface area contributed by atoms with Crippen LogP contribution in [0.1, 0.15) is 26.3 Å². The molecule has 0 aliphatic carbocycles. The van der Waals surface area contributed by atoms with Crippen LogP contribution in [0.15, 0.2) is 66.7 Å². The fourth-order valence-electron chi connectivity index (χ4n) is 3.12. The van der Waals surface area contributed by atoms with Gasteiger partial charge in [-0.1, -0.05) is 41.9 Å². The molecule has 0 amide bonds. The molecule has 1 aliphatic rings. The Bertz CT molecular complexity index is 1110. The fourth-order valence-corrected chi connectivity index (χ4v) is 3.32. The van der Waals surface area contributed by atoms with Crippen LogP contribution in [-0.2, 0) is 4.74 Å². The fraction of sp³-hybridized carbons (Fsp3) is 0.167. The lowest BCUT2D eigenvalue weighted by molar-refractivity contribution is 0.0448. The lowest BCUT2D eigenvalue weighted by atomic mass is 9.98. The van der Waals surface area contributed by atoms with Gasteiger partial charge in [0, 0.05) is 11.1 Å². The number of hydrogen-bond acceptors (Lipinski definition) is 6. The number of carbonyl (C=O) groups excluding carboxylic acids is 2. The van der Waals surface area contributed by atoms with Crippen LogP contribution >= 0.6 is 11.6 Å². The Morgan fingerprint density at radius 2 is 1.55 bits per heavy atom. The Morgan fingerprint density at radius 1 is 0.839 bits per heavy atom. The minimum absolute atomic E-state index is 0.0105. The molecule has 0 radical (unpaired) electrons. The second-order valence-electron chi connectivity index (χ2n) is 6.65. The summed E-state index contributed by atoms with van der Waals surface area (Å²) in [5, 5.41) is 0.476. The van der Waals surface area contributed by atoms with E-state index < -0.39 is 5.97 Å². The van der Waals surface area contributed by atoms with E-state index in [9.17, 15) is 9.59 Å². The highest BCUT2D eigenvalue weighted by molar-refractivity contribution is 6.32. The van der Waals surface area contributed by atoms with E-state index in [4.69, 9.17) is 30.5 Å². The van der Waals surface area contributed by atoms with E-state index in [1.54, 1.807) is 66.7 Å². The largest absolute Gasteiger partial charge is 0.488 e. The number of para-hydroxylation sites is 1. The lowest BCUT2D eigenvalue weighted by Gasteiger charge is -2.18. The van der Waals surface area contributed by atoms with Crippen LogP contribution in [0.5, 0.6) is 17.2 Å². The third-order valence-electron chi connectivity index (χ3n) is 4.61. The molecule has 0 atom stereocenters. The second kappa shape index (κ2) is 9.53. The minimum Gasteiger partial charge on any atom is -0.488 e. The number of halogens is 1. The van der Waals surface area contributed by atoms with Crippen LogP contribution in [0.4, 0.5) is 0 Å². The monoisotopic (exact) mass is 438 g/mol. The van der Waals surface area contributed by atoms with Crippen molar-refractivity contribution in [2.75, 3.05) is 26.4 Å². The number of ketones is 1. The molecule has 0 saturated carbocycles. The van der Waals surface area contributed by atoms with Crippen LogP contribution in [0, 0.1) is 0 Å². The third-order valence-corrected chi connectivity index (χ3v) is 4.92. The van der Waals surface area contributed by atoms with Crippen LogP contribution in [-0.4, -0.2) is 38.2 Å². The molecule has 1 aliphatic heterocycles. The van der Waals surface area contributed by atoms with Gasteiger partial charge in [0.25, 0.3) is 0 Å². The molecule has 0 bridgehead atoms. The Balaban J connectivity index is 1.43. The van der Waals surface area contributed by atoms with Crippen molar-refractivity contribution >= 4 is 23.4 Å². The molecule has 1 heterocycles. The quantitative estimate of drug-likeness (QED) is 0.305. The number of fused-ring (bicyclic) bond motifs is 1. The topological polar surface area (TPSA) is 71.1 Å². The van der Waals surface area contributed by atoms with Crippen molar-refractivity contribution in [1.29, 1.82) is 0 Å². The number of benzene rings is 3. The van der Waals surface area contributed by atoms with Crippen molar-refractivity contribution in [3.8, 4) is 17.2 Å². The predicted molar refractivity (Wildman–Crippen MR) is 115 cm³/mol. The molecule has 3 aromatic rings. The van der Waals surface area contributed by atoms with Crippen molar-refractivity contribution in [1.82, 2.24) is 0 Å².